The highest BCUT2D eigenvalue weighted by Gasteiger charge is 2.16. The fraction of sp³-hybridized carbons (Fsp3) is 0.190. The van der Waals surface area contributed by atoms with Crippen molar-refractivity contribution in [3.8, 4) is 11.1 Å². The molecule has 0 unspecified atom stereocenters. The van der Waals surface area contributed by atoms with Gasteiger partial charge in [0.05, 0.1) is 29.9 Å². The molecule has 11 nitrogen and oxygen atoms in total. The van der Waals surface area contributed by atoms with Crippen LogP contribution < -0.4 is 10.0 Å². The molecule has 3 N–H and O–H groups in total. The van der Waals surface area contributed by atoms with Crippen LogP contribution in [0.3, 0.4) is 0 Å². The molecule has 12 heteroatoms. The molecule has 1 amide bonds. The van der Waals surface area contributed by atoms with Gasteiger partial charge < -0.3 is 10.2 Å². The van der Waals surface area contributed by atoms with Gasteiger partial charge in [0.1, 0.15) is 0 Å². The van der Waals surface area contributed by atoms with Crippen LogP contribution in [-0.2, 0) is 16.6 Å². The van der Waals surface area contributed by atoms with Crippen molar-refractivity contribution >= 4 is 38.5 Å². The van der Waals surface area contributed by atoms with Crippen molar-refractivity contribution in [2.24, 2.45) is 0 Å². The maximum Gasteiger partial charge on any atom is 0.276 e. The number of amides is 1. The molecule has 0 aliphatic heterocycles. The number of pyridine rings is 1. The number of fused-ring (bicyclic) bond motifs is 1. The van der Waals surface area contributed by atoms with Crippen LogP contribution in [0.4, 0.5) is 11.6 Å². The van der Waals surface area contributed by atoms with Gasteiger partial charge in [0.2, 0.25) is 16.0 Å². The molecule has 0 atom stereocenters. The number of sulfonamides is 1. The molecule has 0 aliphatic rings. The summed E-state index contributed by atoms with van der Waals surface area (Å²) in [4.78, 5) is 27.0. The van der Waals surface area contributed by atoms with E-state index in [1.165, 1.54) is 12.4 Å². The Kier molecular flexibility index (Phi) is 6.03. The SMILES string of the molecule is CN(C)Cc1cncc(-c2ccc3[nH]nc(C(=O)Nc4cnc(NS(C)(=O)=O)nc4)c3c2)c1. The van der Waals surface area contributed by atoms with E-state index in [2.05, 4.69) is 46.2 Å². The van der Waals surface area contributed by atoms with Gasteiger partial charge in [-0.2, -0.15) is 5.10 Å². The zero-order valence-electron chi connectivity index (χ0n) is 18.2. The van der Waals surface area contributed by atoms with Gasteiger partial charge in [-0.05, 0) is 43.4 Å². The maximum absolute atomic E-state index is 12.8. The Labute approximate surface area is 190 Å². The van der Waals surface area contributed by atoms with Gasteiger partial charge in [0, 0.05) is 29.9 Å². The molecule has 0 radical (unpaired) electrons. The molecule has 0 spiro atoms. The molecule has 1 aromatic carbocycles. The quantitative estimate of drug-likeness (QED) is 0.375. The average Bonchev–Trinajstić information content (AvgIpc) is 3.17. The number of nitrogens with zero attached hydrogens (tertiary/aromatic N) is 5. The number of anilines is 2. The Bertz CT molecular complexity index is 1420. The van der Waals surface area contributed by atoms with E-state index < -0.39 is 15.9 Å². The number of H-pyrrole nitrogens is 1. The molecule has 0 fully saturated rings. The number of carbonyl (C=O) groups excluding carboxylic acids is 1. The largest absolute Gasteiger partial charge is 0.318 e. The number of hydrogen-bond acceptors (Lipinski definition) is 8. The second kappa shape index (κ2) is 8.92. The van der Waals surface area contributed by atoms with Gasteiger partial charge in [-0.15, -0.1) is 0 Å². The Balaban J connectivity index is 1.58. The third kappa shape index (κ3) is 5.48. The first-order chi connectivity index (χ1) is 15.7. The number of aromatic amines is 1. The molecule has 3 aromatic heterocycles. The lowest BCUT2D eigenvalue weighted by atomic mass is 10.0. The summed E-state index contributed by atoms with van der Waals surface area (Å²) in [6.45, 7) is 0.767. The van der Waals surface area contributed by atoms with Crippen molar-refractivity contribution in [3.63, 3.8) is 0 Å². The number of aromatic nitrogens is 5. The van der Waals surface area contributed by atoms with Crippen molar-refractivity contribution in [1.29, 1.82) is 0 Å². The molecule has 0 saturated carbocycles. The van der Waals surface area contributed by atoms with Crippen LogP contribution in [0.15, 0.2) is 49.1 Å². The first kappa shape index (κ1) is 22.3. The van der Waals surface area contributed by atoms with Crippen molar-refractivity contribution < 1.29 is 13.2 Å². The fourth-order valence-corrected chi connectivity index (χ4v) is 3.70. The molecule has 0 aliphatic carbocycles. The third-order valence-corrected chi connectivity index (χ3v) is 5.14. The average molecular weight is 467 g/mol. The van der Waals surface area contributed by atoms with Gasteiger partial charge in [-0.1, -0.05) is 6.07 Å². The summed E-state index contributed by atoms with van der Waals surface area (Å²) in [6.07, 6.45) is 7.22. The maximum atomic E-state index is 12.8. The Morgan fingerprint density at radius 1 is 1.06 bits per heavy atom. The fourth-order valence-electron chi connectivity index (χ4n) is 3.27. The molecule has 3 heterocycles. The highest BCUT2D eigenvalue weighted by atomic mass is 32.2. The van der Waals surface area contributed by atoms with Crippen LogP contribution in [0.2, 0.25) is 0 Å². The van der Waals surface area contributed by atoms with Crippen molar-refractivity contribution in [3.05, 3.63) is 60.3 Å². The molecule has 4 aromatic rings. The van der Waals surface area contributed by atoms with E-state index in [1.807, 2.05) is 38.5 Å². The minimum atomic E-state index is -3.49. The van der Waals surface area contributed by atoms with E-state index in [1.54, 1.807) is 6.20 Å². The summed E-state index contributed by atoms with van der Waals surface area (Å²) in [5.74, 6) is -0.541. The number of benzene rings is 1. The molecule has 0 saturated heterocycles. The van der Waals surface area contributed by atoms with E-state index >= 15 is 0 Å². The Morgan fingerprint density at radius 2 is 1.82 bits per heavy atom. The van der Waals surface area contributed by atoms with Crippen LogP contribution in [-0.4, -0.2) is 64.7 Å². The van der Waals surface area contributed by atoms with Crippen LogP contribution in [0.1, 0.15) is 16.1 Å². The monoisotopic (exact) mass is 466 g/mol. The number of rotatable bonds is 7. The van der Waals surface area contributed by atoms with Gasteiger partial charge in [0.15, 0.2) is 5.69 Å². The highest BCUT2D eigenvalue weighted by Crippen LogP contribution is 2.26. The summed E-state index contributed by atoms with van der Waals surface area (Å²) in [5.41, 5.74) is 4.15. The first-order valence-electron chi connectivity index (χ1n) is 9.86. The molecular formula is C21H22N8O3S. The first-order valence-corrected chi connectivity index (χ1v) is 11.8. The minimum Gasteiger partial charge on any atom is -0.318 e. The molecule has 4 rings (SSSR count). The zero-order chi connectivity index (χ0) is 23.6. The summed E-state index contributed by atoms with van der Waals surface area (Å²) < 4.78 is 24.7. The van der Waals surface area contributed by atoms with Gasteiger partial charge in [-0.3, -0.25) is 19.6 Å². The third-order valence-electron chi connectivity index (χ3n) is 4.59. The lowest BCUT2D eigenvalue weighted by Crippen LogP contribution is -2.15. The van der Waals surface area contributed by atoms with Gasteiger partial charge >= 0.3 is 0 Å². The zero-order valence-corrected chi connectivity index (χ0v) is 19.0. The number of nitrogens with one attached hydrogen (secondary N) is 3. The Hall–Kier alpha value is -3.90. The standard InChI is InChI=1S/C21H22N8O3S/c1-29(2)12-13-6-15(9-22-8-13)14-4-5-18-17(7-14)19(27-26-18)20(30)25-16-10-23-21(24-11-16)28-33(3,31)32/h4-11H,12H2,1-3H3,(H,25,30)(H,26,27)(H,23,24,28). The predicted molar refractivity (Wildman–Crippen MR) is 125 cm³/mol. The van der Waals surface area contributed by atoms with Crippen molar-refractivity contribution in [2.75, 3.05) is 30.4 Å². The van der Waals surface area contributed by atoms with Crippen molar-refractivity contribution in [2.45, 2.75) is 6.54 Å². The predicted octanol–water partition coefficient (Wildman–Crippen LogP) is 2.10. The van der Waals surface area contributed by atoms with Crippen LogP contribution in [0, 0.1) is 0 Å². The smallest absolute Gasteiger partial charge is 0.276 e. The lowest BCUT2D eigenvalue weighted by Gasteiger charge is -2.10. The summed E-state index contributed by atoms with van der Waals surface area (Å²) in [6, 6.07) is 7.76. The van der Waals surface area contributed by atoms with Crippen LogP contribution in [0.5, 0.6) is 0 Å². The number of carbonyl (C=O) groups is 1. The molecule has 170 valence electrons. The van der Waals surface area contributed by atoms with Crippen LogP contribution >= 0.6 is 0 Å². The van der Waals surface area contributed by atoms with Crippen molar-refractivity contribution in [1.82, 2.24) is 30.0 Å². The highest BCUT2D eigenvalue weighted by molar-refractivity contribution is 7.91. The lowest BCUT2D eigenvalue weighted by molar-refractivity contribution is 0.102. The summed E-state index contributed by atoms with van der Waals surface area (Å²) in [5, 5.41) is 10.3. The second-order valence-electron chi connectivity index (χ2n) is 7.78. The van der Waals surface area contributed by atoms with E-state index in [0.29, 0.717) is 16.6 Å². The Morgan fingerprint density at radius 3 is 2.52 bits per heavy atom. The minimum absolute atomic E-state index is 0.0875. The van der Waals surface area contributed by atoms with E-state index in [0.717, 1.165) is 29.5 Å². The second-order valence-corrected chi connectivity index (χ2v) is 9.52. The molecule has 33 heavy (non-hydrogen) atoms. The summed E-state index contributed by atoms with van der Waals surface area (Å²) >= 11 is 0. The van der Waals surface area contributed by atoms with E-state index in [-0.39, 0.29) is 11.6 Å². The van der Waals surface area contributed by atoms with E-state index in [9.17, 15) is 13.2 Å². The normalized spacial score (nSPS) is 11.6. The molecule has 0 bridgehead atoms. The number of hydrogen-bond donors (Lipinski definition) is 3. The topological polar surface area (TPSA) is 146 Å². The summed E-state index contributed by atoms with van der Waals surface area (Å²) in [7, 11) is 0.500. The van der Waals surface area contributed by atoms with E-state index in [4.69, 9.17) is 0 Å². The van der Waals surface area contributed by atoms with Gasteiger partial charge in [-0.25, -0.2) is 18.4 Å². The van der Waals surface area contributed by atoms with Gasteiger partial charge in [0.25, 0.3) is 5.91 Å². The van der Waals surface area contributed by atoms with Crippen LogP contribution in [0.25, 0.3) is 22.0 Å². The molecular weight excluding hydrogens is 444 g/mol.